The van der Waals surface area contributed by atoms with E-state index >= 15 is 0 Å². The topological polar surface area (TPSA) is 365 Å². The summed E-state index contributed by atoms with van der Waals surface area (Å²) >= 11 is 0. The molecule has 6 heterocycles. The fourth-order valence-corrected chi connectivity index (χ4v) is 10.3. The molecular formula is C34H39N10O16P3. The summed E-state index contributed by atoms with van der Waals surface area (Å²) in [6.45, 7) is -1.91. The molecule has 29 heteroatoms. The second kappa shape index (κ2) is 18.4. The average Bonchev–Trinajstić information content (AvgIpc) is 4.02. The minimum Gasteiger partial charge on any atom is -0.387 e. The SMILES string of the molecule is Nc1ncnc2c1ncn2[C@@H]1O[C@H](COP(=O)(O)OP(=O)(O)OP(=O)(O)OC[C@H]2O[C@H](n3cnc4c(N)ncnc43)[C@@H](OCc3ccccc3)[C@H]2O)[C@@H](O)[C@H]1OCc1ccccc1. The molecule has 2 aliphatic heterocycles. The molecule has 2 aliphatic rings. The van der Waals surface area contributed by atoms with E-state index in [0.717, 1.165) is 11.1 Å². The number of hydrogen-bond donors (Lipinski definition) is 7. The predicted molar refractivity (Wildman–Crippen MR) is 213 cm³/mol. The molecule has 8 rings (SSSR count). The zero-order valence-electron chi connectivity index (χ0n) is 32.3. The molecule has 2 aromatic carbocycles. The van der Waals surface area contributed by atoms with Gasteiger partial charge < -0.3 is 55.3 Å². The third-order valence-corrected chi connectivity index (χ3v) is 14.0. The number of aliphatic hydroxyl groups is 2. The number of imidazole rings is 2. The molecule has 0 aliphatic carbocycles. The van der Waals surface area contributed by atoms with E-state index in [1.54, 1.807) is 60.7 Å². The second-order valence-electron chi connectivity index (χ2n) is 14.0. The number of benzene rings is 2. The fourth-order valence-electron chi connectivity index (χ4n) is 6.82. The van der Waals surface area contributed by atoms with Crippen molar-refractivity contribution in [2.45, 2.75) is 62.3 Å². The summed E-state index contributed by atoms with van der Waals surface area (Å²) in [6, 6.07) is 17.8. The molecule has 2 fully saturated rings. The van der Waals surface area contributed by atoms with Gasteiger partial charge in [-0.1, -0.05) is 60.7 Å². The monoisotopic (exact) mass is 936 g/mol. The summed E-state index contributed by atoms with van der Waals surface area (Å²) in [5.41, 5.74) is 14.2. The van der Waals surface area contributed by atoms with Crippen molar-refractivity contribution in [2.75, 3.05) is 24.7 Å². The molecule has 0 spiro atoms. The number of anilines is 2. The Balaban J connectivity index is 0.902. The van der Waals surface area contributed by atoms with Gasteiger partial charge in [0.05, 0.1) is 39.1 Å². The number of nitrogens with two attached hydrogens (primary N) is 2. The molecule has 11 atom stereocenters. The first-order chi connectivity index (χ1) is 30.1. The van der Waals surface area contributed by atoms with E-state index in [4.69, 9.17) is 39.5 Å². The summed E-state index contributed by atoms with van der Waals surface area (Å²) in [4.78, 5) is 55.7. The highest BCUT2D eigenvalue weighted by molar-refractivity contribution is 7.66. The molecule has 6 aromatic rings. The van der Waals surface area contributed by atoms with Crippen LogP contribution in [0.4, 0.5) is 11.6 Å². The maximum atomic E-state index is 12.9. The number of phosphoric ester groups is 2. The Morgan fingerprint density at radius 1 is 0.587 bits per heavy atom. The molecule has 0 amide bonds. The smallest absolute Gasteiger partial charge is 0.387 e. The van der Waals surface area contributed by atoms with Gasteiger partial charge in [-0.2, -0.15) is 8.62 Å². The summed E-state index contributed by atoms with van der Waals surface area (Å²) in [6.07, 6.45) is -5.72. The van der Waals surface area contributed by atoms with Gasteiger partial charge in [-0.05, 0) is 11.1 Å². The third-order valence-electron chi connectivity index (χ3n) is 9.74. The number of aliphatic hydroxyl groups excluding tert-OH is 2. The number of aromatic nitrogens is 8. The number of rotatable bonds is 18. The summed E-state index contributed by atoms with van der Waals surface area (Å²) < 4.78 is 83.9. The molecule has 336 valence electrons. The molecular weight excluding hydrogens is 897 g/mol. The molecule has 3 unspecified atom stereocenters. The second-order valence-corrected chi connectivity index (χ2v) is 18.6. The highest BCUT2D eigenvalue weighted by Gasteiger charge is 2.50. The van der Waals surface area contributed by atoms with Gasteiger partial charge in [-0.25, -0.2) is 43.6 Å². The number of hydrogen-bond acceptors (Lipinski definition) is 21. The zero-order chi connectivity index (χ0) is 44.5. The molecule has 9 N–H and O–H groups in total. The average molecular weight is 937 g/mol. The third kappa shape index (κ3) is 10.2. The Bertz CT molecular complexity index is 2510. The van der Waals surface area contributed by atoms with Gasteiger partial charge in [-0.3, -0.25) is 18.2 Å². The number of nitrogen functional groups attached to an aromatic ring is 2. The molecule has 4 aromatic heterocycles. The van der Waals surface area contributed by atoms with Gasteiger partial charge in [0.1, 0.15) is 60.3 Å². The van der Waals surface area contributed by atoms with E-state index in [2.05, 4.69) is 38.5 Å². The van der Waals surface area contributed by atoms with Crippen LogP contribution in [0.15, 0.2) is 86.0 Å². The summed E-state index contributed by atoms with van der Waals surface area (Å²) in [5.74, 6) is 0.117. The summed E-state index contributed by atoms with van der Waals surface area (Å²) in [5, 5.41) is 22.6. The Kier molecular flexibility index (Phi) is 13.1. The first-order valence-corrected chi connectivity index (χ1v) is 23.1. The van der Waals surface area contributed by atoms with Gasteiger partial charge >= 0.3 is 23.5 Å². The molecule has 0 radical (unpaired) electrons. The Hall–Kier alpha value is -4.69. The van der Waals surface area contributed by atoms with Crippen LogP contribution in [0.2, 0.25) is 0 Å². The van der Waals surface area contributed by atoms with Crippen LogP contribution < -0.4 is 11.5 Å². The lowest BCUT2D eigenvalue weighted by molar-refractivity contribution is -0.0760. The summed E-state index contributed by atoms with van der Waals surface area (Å²) in [7, 11) is -17.3. The first kappa shape index (κ1) is 44.9. The maximum absolute atomic E-state index is 12.9. The van der Waals surface area contributed by atoms with Gasteiger partial charge in [0.2, 0.25) is 0 Å². The predicted octanol–water partition coefficient (Wildman–Crippen LogP) is 1.89. The largest absolute Gasteiger partial charge is 0.490 e. The van der Waals surface area contributed by atoms with Crippen LogP contribution in [0.25, 0.3) is 22.3 Å². The number of nitrogens with zero attached hydrogens (tertiary/aromatic N) is 8. The van der Waals surface area contributed by atoms with Gasteiger partial charge in [0.25, 0.3) is 0 Å². The Morgan fingerprint density at radius 3 is 1.38 bits per heavy atom. The first-order valence-electron chi connectivity index (χ1n) is 18.6. The van der Waals surface area contributed by atoms with Crippen LogP contribution in [0.5, 0.6) is 0 Å². The number of fused-ring (bicyclic) bond motifs is 2. The van der Waals surface area contributed by atoms with E-state index in [-0.39, 0.29) is 47.2 Å². The van der Waals surface area contributed by atoms with Gasteiger partial charge in [0.15, 0.2) is 35.4 Å². The Labute approximate surface area is 355 Å². The van der Waals surface area contributed by atoms with Crippen molar-refractivity contribution in [3.05, 3.63) is 97.1 Å². The van der Waals surface area contributed by atoms with Crippen LogP contribution in [-0.4, -0.2) is 114 Å². The van der Waals surface area contributed by atoms with E-state index in [1.807, 2.05) is 0 Å². The van der Waals surface area contributed by atoms with E-state index in [9.17, 15) is 38.6 Å². The van der Waals surface area contributed by atoms with Crippen molar-refractivity contribution < 1.29 is 75.2 Å². The standard InChI is InChI=1S/C34H39N10O16P3/c35-29-23-31(39-15-37-29)43(17-41-23)33-27(53-11-19-7-3-1-4-8-19)25(45)21(57-33)13-55-61(47,48)59-63(51,52)60-62(49,50)56-14-22-26(46)28(54-12-20-9-5-2-6-10-20)34(58-22)44-18-42-24-30(36)38-16-40-32(24)44/h1-10,15-18,21-22,25-28,33-34,45-46H,11-14H2,(H,47,48)(H,49,50)(H,51,52)(H2,35,37,39)(H2,36,38,40)/t21-,22-,25-,26+,27-,28+,33-,34+/m1/s1. The van der Waals surface area contributed by atoms with Crippen molar-refractivity contribution in [1.29, 1.82) is 0 Å². The molecule has 2 saturated heterocycles. The molecule has 0 bridgehead atoms. The lowest BCUT2D eigenvalue weighted by Crippen LogP contribution is -2.35. The van der Waals surface area contributed by atoms with Gasteiger partial charge in [0, 0.05) is 0 Å². The highest BCUT2D eigenvalue weighted by atomic mass is 31.3. The van der Waals surface area contributed by atoms with Crippen molar-refractivity contribution in [1.82, 2.24) is 39.0 Å². The van der Waals surface area contributed by atoms with Crippen LogP contribution in [0.1, 0.15) is 23.6 Å². The number of phosphoric acid groups is 3. The quantitative estimate of drug-likeness (QED) is 0.0605. The van der Waals surface area contributed by atoms with E-state index < -0.39 is 85.8 Å². The minimum absolute atomic E-state index is 0.00252. The normalized spacial score (nSPS) is 26.7. The maximum Gasteiger partial charge on any atom is 0.490 e. The van der Waals surface area contributed by atoms with E-state index in [1.165, 1.54) is 34.4 Å². The fraction of sp³-hybridized carbons (Fsp3) is 0.353. The van der Waals surface area contributed by atoms with Crippen LogP contribution in [0, 0.1) is 0 Å². The van der Waals surface area contributed by atoms with Crippen LogP contribution in [-0.2, 0) is 63.5 Å². The Morgan fingerprint density at radius 2 is 0.984 bits per heavy atom. The molecule has 63 heavy (non-hydrogen) atoms. The van der Waals surface area contributed by atoms with E-state index in [0.29, 0.717) is 0 Å². The van der Waals surface area contributed by atoms with Crippen molar-refractivity contribution >= 4 is 57.4 Å². The lowest BCUT2D eigenvalue weighted by Gasteiger charge is -2.22. The minimum atomic E-state index is -5.98. The highest BCUT2D eigenvalue weighted by Crippen LogP contribution is 2.68. The zero-order valence-corrected chi connectivity index (χ0v) is 35.0. The number of ether oxygens (including phenoxy) is 4. The van der Waals surface area contributed by atoms with Crippen LogP contribution >= 0.6 is 23.5 Å². The van der Waals surface area contributed by atoms with Crippen molar-refractivity contribution in [3.8, 4) is 0 Å². The molecule has 0 saturated carbocycles. The van der Waals surface area contributed by atoms with Crippen molar-refractivity contribution in [2.24, 2.45) is 0 Å². The van der Waals surface area contributed by atoms with Crippen molar-refractivity contribution in [3.63, 3.8) is 0 Å². The molecule has 26 nitrogen and oxygen atoms in total. The van der Waals surface area contributed by atoms with Gasteiger partial charge in [-0.15, -0.1) is 0 Å². The van der Waals surface area contributed by atoms with Crippen LogP contribution in [0.3, 0.4) is 0 Å². The lowest BCUT2D eigenvalue weighted by atomic mass is 10.1.